The molecule has 2 N–H and O–H groups in total. The number of hydrogen-bond acceptors (Lipinski definition) is 7. The minimum absolute atomic E-state index is 0.246. The largest absolute Gasteiger partial charge is 0.494 e. The van der Waals surface area contributed by atoms with Crippen molar-refractivity contribution in [3.05, 3.63) is 53.9 Å². The molecule has 1 amide bonds. The second-order valence-corrected chi connectivity index (χ2v) is 6.92. The molecule has 2 heterocycles. The molecule has 0 spiro atoms. The van der Waals surface area contributed by atoms with Crippen molar-refractivity contribution in [2.75, 3.05) is 24.4 Å². The smallest absolute Gasteiger partial charge is 0.255 e. The molecule has 30 heavy (non-hydrogen) atoms. The second-order valence-electron chi connectivity index (χ2n) is 6.54. The average molecular weight is 430 g/mol. The number of nitrogens with one attached hydrogen (secondary N) is 2. The van der Waals surface area contributed by atoms with Gasteiger partial charge in [-0.2, -0.15) is 5.21 Å². The number of ether oxygens (including phenoxy) is 3. The van der Waals surface area contributed by atoms with Crippen LogP contribution in [0.15, 0.2) is 42.5 Å². The molecule has 10 heteroatoms. The molecular formula is C20H20ClN5O4. The second kappa shape index (κ2) is 9.45. The Balaban J connectivity index is 1.43. The SMILES string of the molecule is O=C(Nc1cccc2c1OC(c1nn[nH]n1)CO2)c1ccc(OCCCCCl)cc1. The maximum Gasteiger partial charge on any atom is 0.255 e. The van der Waals surface area contributed by atoms with E-state index < -0.39 is 6.10 Å². The average Bonchev–Trinajstić information content (AvgIpc) is 3.32. The van der Waals surface area contributed by atoms with Gasteiger partial charge in [0, 0.05) is 11.4 Å². The zero-order valence-electron chi connectivity index (χ0n) is 16.0. The Labute approximate surface area is 177 Å². The molecule has 0 fully saturated rings. The van der Waals surface area contributed by atoms with E-state index in [0.717, 1.165) is 12.8 Å². The van der Waals surface area contributed by atoms with Gasteiger partial charge in [-0.3, -0.25) is 4.79 Å². The van der Waals surface area contributed by atoms with Gasteiger partial charge in [0.2, 0.25) is 5.82 Å². The lowest BCUT2D eigenvalue weighted by Gasteiger charge is -2.26. The summed E-state index contributed by atoms with van der Waals surface area (Å²) in [4.78, 5) is 12.7. The van der Waals surface area contributed by atoms with E-state index in [4.69, 9.17) is 25.8 Å². The molecule has 0 saturated carbocycles. The minimum atomic E-state index is -0.524. The number of carbonyl (C=O) groups is 1. The van der Waals surface area contributed by atoms with Crippen LogP contribution in [0.3, 0.4) is 0 Å². The van der Waals surface area contributed by atoms with Gasteiger partial charge in [-0.15, -0.1) is 21.8 Å². The maximum atomic E-state index is 12.7. The predicted molar refractivity (Wildman–Crippen MR) is 109 cm³/mol. The molecule has 2 aromatic carbocycles. The molecule has 1 unspecified atom stereocenters. The van der Waals surface area contributed by atoms with Gasteiger partial charge in [0.25, 0.3) is 5.91 Å². The number of benzene rings is 2. The van der Waals surface area contributed by atoms with E-state index in [0.29, 0.717) is 46.8 Å². The highest BCUT2D eigenvalue weighted by Crippen LogP contribution is 2.41. The Hall–Kier alpha value is -3.33. The number of unbranched alkanes of at least 4 members (excludes halogenated alkanes) is 1. The number of tetrazole rings is 1. The minimum Gasteiger partial charge on any atom is -0.494 e. The van der Waals surface area contributed by atoms with Gasteiger partial charge in [0.15, 0.2) is 17.6 Å². The zero-order valence-corrected chi connectivity index (χ0v) is 16.8. The highest BCUT2D eigenvalue weighted by atomic mass is 35.5. The summed E-state index contributed by atoms with van der Waals surface area (Å²) in [7, 11) is 0. The highest BCUT2D eigenvalue weighted by Gasteiger charge is 2.28. The summed E-state index contributed by atoms with van der Waals surface area (Å²) in [5.41, 5.74) is 0.985. The number of halogens is 1. The van der Waals surface area contributed by atoms with Crippen molar-refractivity contribution in [1.82, 2.24) is 20.6 Å². The fraction of sp³-hybridized carbons (Fsp3) is 0.300. The van der Waals surface area contributed by atoms with Crippen LogP contribution in [-0.4, -0.2) is 45.6 Å². The van der Waals surface area contributed by atoms with Gasteiger partial charge in [-0.05, 0) is 49.2 Å². The van der Waals surface area contributed by atoms with E-state index in [9.17, 15) is 4.79 Å². The Morgan fingerprint density at radius 2 is 2.10 bits per heavy atom. The lowest BCUT2D eigenvalue weighted by Crippen LogP contribution is -2.24. The molecule has 1 aliphatic heterocycles. The van der Waals surface area contributed by atoms with Crippen molar-refractivity contribution in [3.8, 4) is 17.2 Å². The summed E-state index contributed by atoms with van der Waals surface area (Å²) in [6.07, 6.45) is 1.27. The molecular weight excluding hydrogens is 410 g/mol. The van der Waals surface area contributed by atoms with E-state index in [2.05, 4.69) is 25.9 Å². The van der Waals surface area contributed by atoms with Gasteiger partial charge in [-0.1, -0.05) is 11.3 Å². The van der Waals surface area contributed by atoms with E-state index in [-0.39, 0.29) is 12.5 Å². The fourth-order valence-electron chi connectivity index (χ4n) is 2.91. The zero-order chi connectivity index (χ0) is 20.8. The number of carbonyl (C=O) groups excluding carboxylic acids is 1. The molecule has 9 nitrogen and oxygen atoms in total. The Kier molecular flexibility index (Phi) is 6.29. The van der Waals surface area contributed by atoms with Gasteiger partial charge >= 0.3 is 0 Å². The number of aromatic amines is 1. The van der Waals surface area contributed by atoms with Crippen LogP contribution < -0.4 is 19.5 Å². The third-order valence-electron chi connectivity index (χ3n) is 4.44. The number of hydrogen-bond donors (Lipinski definition) is 2. The van der Waals surface area contributed by atoms with Gasteiger partial charge < -0.3 is 19.5 Å². The van der Waals surface area contributed by atoms with Gasteiger partial charge in [0.05, 0.1) is 12.3 Å². The van der Waals surface area contributed by atoms with Crippen LogP contribution in [0, 0.1) is 0 Å². The molecule has 0 radical (unpaired) electrons. The quantitative estimate of drug-likeness (QED) is 0.417. The summed E-state index contributed by atoms with van der Waals surface area (Å²) in [6, 6.07) is 12.2. The molecule has 1 aliphatic rings. The van der Waals surface area contributed by atoms with Gasteiger partial charge in [0.1, 0.15) is 12.4 Å². The van der Waals surface area contributed by atoms with E-state index in [1.807, 2.05) is 0 Å². The Morgan fingerprint density at radius 3 is 2.87 bits per heavy atom. The number of amides is 1. The van der Waals surface area contributed by atoms with Crippen LogP contribution >= 0.6 is 11.6 Å². The van der Waals surface area contributed by atoms with Crippen molar-refractivity contribution in [2.45, 2.75) is 18.9 Å². The van der Waals surface area contributed by atoms with E-state index >= 15 is 0 Å². The number of nitrogens with zero attached hydrogens (tertiary/aromatic N) is 3. The third kappa shape index (κ3) is 4.62. The Morgan fingerprint density at radius 1 is 1.23 bits per heavy atom. The lowest BCUT2D eigenvalue weighted by atomic mass is 10.2. The summed E-state index contributed by atoms with van der Waals surface area (Å²) >= 11 is 5.66. The molecule has 4 rings (SSSR count). The number of aromatic nitrogens is 4. The lowest BCUT2D eigenvalue weighted by molar-refractivity contribution is 0.0856. The number of para-hydroxylation sites is 1. The summed E-state index contributed by atoms with van der Waals surface area (Å²) in [5.74, 6) is 2.39. The number of anilines is 1. The fourth-order valence-corrected chi connectivity index (χ4v) is 3.10. The normalized spacial score (nSPS) is 14.9. The number of rotatable bonds is 8. The van der Waals surface area contributed by atoms with Crippen LogP contribution in [0.1, 0.15) is 35.1 Å². The molecule has 1 aromatic heterocycles. The van der Waals surface area contributed by atoms with Crippen LogP contribution in [0.4, 0.5) is 5.69 Å². The van der Waals surface area contributed by atoms with Crippen molar-refractivity contribution in [3.63, 3.8) is 0 Å². The predicted octanol–water partition coefficient (Wildman–Crippen LogP) is 3.36. The molecule has 156 valence electrons. The van der Waals surface area contributed by atoms with Crippen molar-refractivity contribution in [1.29, 1.82) is 0 Å². The maximum absolute atomic E-state index is 12.7. The van der Waals surface area contributed by atoms with Crippen LogP contribution in [-0.2, 0) is 0 Å². The van der Waals surface area contributed by atoms with Crippen molar-refractivity contribution >= 4 is 23.2 Å². The summed E-state index contributed by atoms with van der Waals surface area (Å²) in [5, 5.41) is 16.7. The molecule has 3 aromatic rings. The third-order valence-corrected chi connectivity index (χ3v) is 4.71. The molecule has 0 aliphatic carbocycles. The molecule has 0 saturated heterocycles. The van der Waals surface area contributed by atoms with Gasteiger partial charge in [-0.25, -0.2) is 0 Å². The molecule has 0 bridgehead atoms. The first-order chi connectivity index (χ1) is 14.7. The number of H-pyrrole nitrogens is 1. The van der Waals surface area contributed by atoms with E-state index in [1.165, 1.54) is 0 Å². The first-order valence-corrected chi connectivity index (χ1v) is 10.0. The van der Waals surface area contributed by atoms with Crippen molar-refractivity contribution in [2.24, 2.45) is 0 Å². The monoisotopic (exact) mass is 429 g/mol. The van der Waals surface area contributed by atoms with Crippen LogP contribution in [0.25, 0.3) is 0 Å². The first-order valence-electron chi connectivity index (χ1n) is 9.50. The van der Waals surface area contributed by atoms with Crippen LogP contribution in [0.5, 0.6) is 17.2 Å². The van der Waals surface area contributed by atoms with Crippen LogP contribution in [0.2, 0.25) is 0 Å². The van der Waals surface area contributed by atoms with Crippen molar-refractivity contribution < 1.29 is 19.0 Å². The Bertz CT molecular complexity index is 981. The molecule has 1 atom stereocenters. The highest BCUT2D eigenvalue weighted by molar-refractivity contribution is 6.17. The topological polar surface area (TPSA) is 111 Å². The summed E-state index contributed by atoms with van der Waals surface area (Å²) in [6.45, 7) is 0.837. The number of alkyl halides is 1. The number of fused-ring (bicyclic) bond motifs is 1. The standard InChI is InChI=1S/C20H20ClN5O4/c21-10-1-2-11-28-14-8-6-13(7-9-14)20(27)22-15-4-3-5-16-18(15)30-17(12-29-16)19-23-25-26-24-19/h3-9,17H,1-2,10-12H2,(H,22,27)(H,23,24,25,26). The van der Waals surface area contributed by atoms with E-state index in [1.54, 1.807) is 42.5 Å². The summed E-state index contributed by atoms with van der Waals surface area (Å²) < 4.78 is 17.3. The first kappa shape index (κ1) is 20.0.